The summed E-state index contributed by atoms with van der Waals surface area (Å²) in [5.74, 6) is 1.22. The Morgan fingerprint density at radius 3 is 2.56 bits per heavy atom. The van der Waals surface area contributed by atoms with E-state index in [4.69, 9.17) is 0 Å². The minimum Gasteiger partial charge on any atom is -0.300 e. The van der Waals surface area contributed by atoms with E-state index in [0.717, 1.165) is 31.6 Å². The van der Waals surface area contributed by atoms with Gasteiger partial charge in [0.25, 0.3) is 0 Å². The van der Waals surface area contributed by atoms with Gasteiger partial charge in [-0.2, -0.15) is 0 Å². The highest BCUT2D eigenvalue weighted by Crippen LogP contribution is 2.27. The number of rotatable bonds is 8. The largest absolute Gasteiger partial charge is 0.300 e. The number of hydrogen-bond acceptors (Lipinski definition) is 1. The van der Waals surface area contributed by atoms with Gasteiger partial charge in [0, 0.05) is 12.8 Å². The fourth-order valence-electron chi connectivity index (χ4n) is 2.60. The molecule has 1 heteroatoms. The number of ketones is 1. The maximum Gasteiger partial charge on any atom is 0.133 e. The van der Waals surface area contributed by atoms with Gasteiger partial charge < -0.3 is 0 Å². The van der Waals surface area contributed by atoms with Crippen LogP contribution in [0.3, 0.4) is 0 Å². The third-order valence-electron chi connectivity index (χ3n) is 3.60. The summed E-state index contributed by atoms with van der Waals surface area (Å²) in [6.45, 7) is 3.70. The van der Waals surface area contributed by atoms with E-state index >= 15 is 0 Å². The Kier molecular flexibility index (Phi) is 7.20. The van der Waals surface area contributed by atoms with Crippen LogP contribution < -0.4 is 0 Å². The Hall–Kier alpha value is -0.590. The molecule has 0 unspecified atom stereocenters. The van der Waals surface area contributed by atoms with Crippen LogP contribution in [0, 0.1) is 5.92 Å². The first-order chi connectivity index (χ1) is 7.83. The van der Waals surface area contributed by atoms with E-state index in [9.17, 15) is 4.79 Å². The zero-order valence-corrected chi connectivity index (χ0v) is 10.5. The highest BCUT2D eigenvalue weighted by molar-refractivity contribution is 5.78. The van der Waals surface area contributed by atoms with Crippen molar-refractivity contribution in [3.8, 4) is 0 Å². The average Bonchev–Trinajstić information content (AvgIpc) is 2.30. The molecule has 0 aromatic rings. The predicted molar refractivity (Wildman–Crippen MR) is 69.5 cm³/mol. The van der Waals surface area contributed by atoms with Crippen molar-refractivity contribution in [3.63, 3.8) is 0 Å². The van der Waals surface area contributed by atoms with Crippen molar-refractivity contribution >= 4 is 5.78 Å². The van der Waals surface area contributed by atoms with E-state index in [1.54, 1.807) is 0 Å². The Labute approximate surface area is 100 Å². The van der Waals surface area contributed by atoms with Crippen LogP contribution >= 0.6 is 0 Å². The first-order valence-corrected chi connectivity index (χ1v) is 6.95. The molecule has 1 nitrogen and oxygen atoms in total. The number of unbranched alkanes of at least 4 members (excludes halogenated alkanes) is 3. The van der Waals surface area contributed by atoms with Crippen LogP contribution in [0.1, 0.15) is 70.6 Å². The second-order valence-electron chi connectivity index (χ2n) is 5.13. The Balaban J connectivity index is 1.99. The van der Waals surface area contributed by atoms with Crippen LogP contribution in [-0.4, -0.2) is 5.78 Å². The van der Waals surface area contributed by atoms with E-state index in [2.05, 4.69) is 6.58 Å². The van der Waals surface area contributed by atoms with Crippen LogP contribution in [0.15, 0.2) is 12.7 Å². The van der Waals surface area contributed by atoms with E-state index in [1.165, 1.54) is 44.9 Å². The summed E-state index contributed by atoms with van der Waals surface area (Å²) < 4.78 is 0. The monoisotopic (exact) mass is 222 g/mol. The predicted octanol–water partition coefficient (Wildman–Crippen LogP) is 4.66. The van der Waals surface area contributed by atoms with Crippen LogP contribution in [0.4, 0.5) is 0 Å². The summed E-state index contributed by atoms with van der Waals surface area (Å²) in [6, 6.07) is 0. The van der Waals surface area contributed by atoms with Gasteiger partial charge in [0.1, 0.15) is 5.78 Å². The van der Waals surface area contributed by atoms with E-state index in [-0.39, 0.29) is 0 Å². The summed E-state index contributed by atoms with van der Waals surface area (Å²) in [7, 11) is 0. The minimum atomic E-state index is 0.505. The molecule has 1 aliphatic rings. The van der Waals surface area contributed by atoms with Crippen molar-refractivity contribution in [1.29, 1.82) is 0 Å². The third-order valence-corrected chi connectivity index (χ3v) is 3.60. The molecule has 92 valence electrons. The van der Waals surface area contributed by atoms with Crippen LogP contribution in [0.25, 0.3) is 0 Å². The molecule has 1 rings (SSSR count). The third kappa shape index (κ3) is 6.09. The highest BCUT2D eigenvalue weighted by Gasteiger charge is 2.16. The molecule has 0 heterocycles. The van der Waals surface area contributed by atoms with Crippen molar-refractivity contribution in [2.75, 3.05) is 0 Å². The summed E-state index contributed by atoms with van der Waals surface area (Å²) in [4.78, 5) is 11.7. The summed E-state index contributed by atoms with van der Waals surface area (Å²) in [5, 5.41) is 0. The van der Waals surface area contributed by atoms with E-state index < -0.39 is 0 Å². The number of carbonyl (C=O) groups is 1. The molecule has 0 bridgehead atoms. The Bertz CT molecular complexity index is 201. The summed E-state index contributed by atoms with van der Waals surface area (Å²) in [6.07, 6.45) is 14.9. The first-order valence-electron chi connectivity index (χ1n) is 6.95. The molecule has 1 saturated carbocycles. The second kappa shape index (κ2) is 8.55. The molecule has 1 fully saturated rings. The van der Waals surface area contributed by atoms with Crippen molar-refractivity contribution in [2.24, 2.45) is 5.92 Å². The number of Topliss-reactive ketones (excluding diaryl/α,β-unsaturated/α-hetero) is 1. The molecule has 0 radical (unpaired) electrons. The van der Waals surface area contributed by atoms with Crippen LogP contribution in [0.2, 0.25) is 0 Å². The molecule has 0 aromatic carbocycles. The SMILES string of the molecule is C=CCCCCCC(=O)CC1CCCCC1. The normalized spacial score (nSPS) is 17.2. The van der Waals surface area contributed by atoms with Crippen LogP contribution in [-0.2, 0) is 4.79 Å². The second-order valence-corrected chi connectivity index (χ2v) is 5.13. The number of carbonyl (C=O) groups excluding carboxylic acids is 1. The number of hydrogen-bond donors (Lipinski definition) is 0. The zero-order chi connectivity index (χ0) is 11.6. The maximum absolute atomic E-state index is 11.7. The zero-order valence-electron chi connectivity index (χ0n) is 10.5. The molecule has 0 amide bonds. The molecule has 0 spiro atoms. The fraction of sp³-hybridized carbons (Fsp3) is 0.800. The maximum atomic E-state index is 11.7. The molecular weight excluding hydrogens is 196 g/mol. The molecule has 0 aromatic heterocycles. The average molecular weight is 222 g/mol. The first kappa shape index (κ1) is 13.5. The van der Waals surface area contributed by atoms with Gasteiger partial charge in [-0.25, -0.2) is 0 Å². The molecule has 1 aliphatic carbocycles. The Morgan fingerprint density at radius 2 is 1.88 bits per heavy atom. The lowest BCUT2D eigenvalue weighted by Crippen LogP contribution is -2.11. The molecule has 0 aliphatic heterocycles. The molecule has 16 heavy (non-hydrogen) atoms. The lowest BCUT2D eigenvalue weighted by molar-refractivity contribution is -0.120. The Morgan fingerprint density at radius 1 is 1.12 bits per heavy atom. The van der Waals surface area contributed by atoms with E-state index in [1.807, 2.05) is 6.08 Å². The van der Waals surface area contributed by atoms with Gasteiger partial charge in [-0.1, -0.05) is 44.6 Å². The number of allylic oxidation sites excluding steroid dienone is 1. The molecule has 0 saturated heterocycles. The lowest BCUT2D eigenvalue weighted by Gasteiger charge is -2.20. The smallest absolute Gasteiger partial charge is 0.133 e. The van der Waals surface area contributed by atoms with Gasteiger partial charge in [-0.05, 0) is 25.2 Å². The molecule has 0 N–H and O–H groups in total. The van der Waals surface area contributed by atoms with Gasteiger partial charge in [0.05, 0.1) is 0 Å². The van der Waals surface area contributed by atoms with Crippen molar-refractivity contribution in [2.45, 2.75) is 70.6 Å². The van der Waals surface area contributed by atoms with Crippen molar-refractivity contribution in [1.82, 2.24) is 0 Å². The summed E-state index contributed by atoms with van der Waals surface area (Å²) in [5.41, 5.74) is 0. The fourth-order valence-corrected chi connectivity index (χ4v) is 2.60. The van der Waals surface area contributed by atoms with E-state index in [0.29, 0.717) is 5.78 Å². The lowest BCUT2D eigenvalue weighted by atomic mass is 9.85. The van der Waals surface area contributed by atoms with Gasteiger partial charge in [0.15, 0.2) is 0 Å². The highest BCUT2D eigenvalue weighted by atomic mass is 16.1. The molecular formula is C15H26O. The van der Waals surface area contributed by atoms with Gasteiger partial charge in [-0.15, -0.1) is 6.58 Å². The minimum absolute atomic E-state index is 0.505. The van der Waals surface area contributed by atoms with Gasteiger partial charge in [-0.3, -0.25) is 4.79 Å². The van der Waals surface area contributed by atoms with Crippen molar-refractivity contribution < 1.29 is 4.79 Å². The standard InChI is InChI=1S/C15H26O/c1-2-3-4-5-9-12-15(16)13-14-10-7-6-8-11-14/h2,14H,1,3-13H2. The van der Waals surface area contributed by atoms with Crippen LogP contribution in [0.5, 0.6) is 0 Å². The summed E-state index contributed by atoms with van der Waals surface area (Å²) >= 11 is 0. The topological polar surface area (TPSA) is 17.1 Å². The van der Waals surface area contributed by atoms with Crippen molar-refractivity contribution in [3.05, 3.63) is 12.7 Å². The quantitative estimate of drug-likeness (QED) is 0.431. The van der Waals surface area contributed by atoms with Gasteiger partial charge in [0.2, 0.25) is 0 Å². The van der Waals surface area contributed by atoms with Gasteiger partial charge >= 0.3 is 0 Å². The molecule has 0 atom stereocenters.